The Balaban J connectivity index is 0.00000289. The fourth-order valence-corrected chi connectivity index (χ4v) is 3.37. The van der Waals surface area contributed by atoms with Crippen molar-refractivity contribution >= 4 is 22.6 Å². The molecule has 0 saturated heterocycles. The van der Waals surface area contributed by atoms with Gasteiger partial charge in [0.05, 0.1) is 12.5 Å². The predicted molar refractivity (Wildman–Crippen MR) is 113 cm³/mol. The molecule has 0 aliphatic rings. The van der Waals surface area contributed by atoms with Crippen LogP contribution in [0.1, 0.15) is 15.9 Å². The van der Waals surface area contributed by atoms with Crippen molar-refractivity contribution in [3.8, 4) is 11.5 Å². The number of aromatic nitrogens is 1. The zero-order valence-corrected chi connectivity index (χ0v) is 19.6. The van der Waals surface area contributed by atoms with Crippen molar-refractivity contribution in [3.63, 3.8) is 0 Å². The maximum Gasteiger partial charge on any atom is 1.00 e. The van der Waals surface area contributed by atoms with Gasteiger partial charge in [-0.15, -0.1) is 0 Å². The molecule has 1 aromatic heterocycles. The summed E-state index contributed by atoms with van der Waals surface area (Å²) < 4.78 is 21.2. The summed E-state index contributed by atoms with van der Waals surface area (Å²) >= 11 is 0. The molecular formula is C24H18FN2NaO4. The molecule has 3 aromatic carbocycles. The summed E-state index contributed by atoms with van der Waals surface area (Å²) in [5.74, 6) is -0.591. The Labute approximate surface area is 206 Å². The van der Waals surface area contributed by atoms with E-state index in [-0.39, 0.29) is 47.1 Å². The van der Waals surface area contributed by atoms with Gasteiger partial charge in [0.2, 0.25) is 0 Å². The van der Waals surface area contributed by atoms with E-state index in [1.54, 1.807) is 4.57 Å². The standard InChI is InChI=1S/C24H19FN2O4.Na/c1-30-26-22(16-6-5-9-19(12-16)31-18-7-3-2-4-8-18)15-27-14-21(24(28)29)20-13-17(25)10-11-23(20)27;/h2-14H,15H2,1H3,(H,28,29);/q;+1/p-1/b26-22+;. The van der Waals surface area contributed by atoms with Gasteiger partial charge in [0.1, 0.15) is 30.1 Å². The first-order valence-electron chi connectivity index (χ1n) is 9.48. The number of carboxylic acid groups (broad SMARTS) is 1. The molecule has 0 amide bonds. The quantitative estimate of drug-likeness (QED) is 0.244. The average Bonchev–Trinajstić information content (AvgIpc) is 3.12. The largest absolute Gasteiger partial charge is 1.00 e. The molecule has 0 radical (unpaired) electrons. The van der Waals surface area contributed by atoms with Gasteiger partial charge in [-0.1, -0.05) is 35.5 Å². The number of ether oxygens (including phenoxy) is 1. The Hall–Kier alpha value is -3.13. The van der Waals surface area contributed by atoms with Crippen LogP contribution < -0.4 is 39.4 Å². The van der Waals surface area contributed by atoms with Crippen molar-refractivity contribution in [1.82, 2.24) is 4.57 Å². The molecular weight excluding hydrogens is 422 g/mol. The van der Waals surface area contributed by atoms with E-state index in [9.17, 15) is 14.3 Å². The van der Waals surface area contributed by atoms with Gasteiger partial charge in [-0.3, -0.25) is 0 Å². The maximum absolute atomic E-state index is 13.7. The summed E-state index contributed by atoms with van der Waals surface area (Å²) in [6.45, 7) is 0.193. The number of nitrogens with zero attached hydrogens (tertiary/aromatic N) is 2. The van der Waals surface area contributed by atoms with Crippen LogP contribution in [-0.4, -0.2) is 23.4 Å². The zero-order chi connectivity index (χ0) is 21.8. The number of carboxylic acids is 1. The first kappa shape index (κ1) is 23.5. The molecule has 8 heteroatoms. The topological polar surface area (TPSA) is 75.9 Å². The van der Waals surface area contributed by atoms with Gasteiger partial charge in [-0.2, -0.15) is 0 Å². The Bertz CT molecular complexity index is 1270. The molecule has 0 saturated carbocycles. The average molecular weight is 440 g/mol. The minimum atomic E-state index is -1.38. The molecule has 0 N–H and O–H groups in total. The molecule has 6 nitrogen and oxygen atoms in total. The SMILES string of the molecule is CO/N=C(\Cn1cc(C(=O)[O-])c2cc(F)ccc21)c1cccc(Oc2ccccc2)c1.[Na+]. The van der Waals surface area contributed by atoms with E-state index in [1.807, 2.05) is 54.6 Å². The van der Waals surface area contributed by atoms with Crippen LogP contribution in [0.2, 0.25) is 0 Å². The number of para-hydroxylation sites is 1. The molecule has 0 unspecified atom stereocenters. The Morgan fingerprint density at radius 1 is 1.03 bits per heavy atom. The van der Waals surface area contributed by atoms with E-state index in [0.717, 1.165) is 5.56 Å². The first-order valence-corrected chi connectivity index (χ1v) is 9.48. The fraction of sp³-hybridized carbons (Fsp3) is 0.0833. The van der Waals surface area contributed by atoms with E-state index in [1.165, 1.54) is 31.5 Å². The van der Waals surface area contributed by atoms with Crippen LogP contribution in [0.5, 0.6) is 11.5 Å². The molecule has 4 rings (SSSR count). The smallest absolute Gasteiger partial charge is 0.545 e. The van der Waals surface area contributed by atoms with E-state index < -0.39 is 11.8 Å². The number of oxime groups is 1. The second kappa shape index (κ2) is 10.5. The van der Waals surface area contributed by atoms with Gasteiger partial charge in [-0.05, 0) is 42.5 Å². The Kier molecular flexibility index (Phi) is 7.69. The number of carbonyl (C=O) groups is 1. The van der Waals surface area contributed by atoms with Gasteiger partial charge in [0, 0.05) is 28.2 Å². The number of fused-ring (bicyclic) bond motifs is 1. The molecule has 0 fully saturated rings. The number of rotatable bonds is 7. The van der Waals surface area contributed by atoms with Crippen LogP contribution in [0.25, 0.3) is 10.9 Å². The molecule has 1 heterocycles. The third-order valence-corrected chi connectivity index (χ3v) is 4.73. The second-order valence-corrected chi connectivity index (χ2v) is 6.78. The molecule has 0 spiro atoms. The third kappa shape index (κ3) is 5.19. The van der Waals surface area contributed by atoms with E-state index in [4.69, 9.17) is 9.57 Å². The molecule has 0 bridgehead atoms. The van der Waals surface area contributed by atoms with Gasteiger partial charge in [0.15, 0.2) is 0 Å². The van der Waals surface area contributed by atoms with Gasteiger partial charge >= 0.3 is 29.6 Å². The molecule has 4 aromatic rings. The van der Waals surface area contributed by atoms with Crippen LogP contribution in [0.4, 0.5) is 4.39 Å². The van der Waals surface area contributed by atoms with Crippen LogP contribution in [-0.2, 0) is 11.4 Å². The van der Waals surface area contributed by atoms with Crippen molar-refractivity contribution in [2.75, 3.05) is 7.11 Å². The van der Waals surface area contributed by atoms with Gasteiger partial charge < -0.3 is 24.0 Å². The van der Waals surface area contributed by atoms with E-state index in [2.05, 4.69) is 5.16 Å². The number of carbonyl (C=O) groups excluding carboxylic acids is 1. The number of hydrogen-bond acceptors (Lipinski definition) is 5. The molecule has 0 aliphatic carbocycles. The Morgan fingerprint density at radius 2 is 1.78 bits per heavy atom. The van der Waals surface area contributed by atoms with Crippen LogP contribution >= 0.6 is 0 Å². The summed E-state index contributed by atoms with van der Waals surface area (Å²) in [6, 6.07) is 20.7. The molecule has 156 valence electrons. The normalized spacial score (nSPS) is 11.1. The molecule has 0 atom stereocenters. The zero-order valence-electron chi connectivity index (χ0n) is 17.6. The van der Waals surface area contributed by atoms with Gasteiger partial charge in [0.25, 0.3) is 0 Å². The summed E-state index contributed by atoms with van der Waals surface area (Å²) in [7, 11) is 1.43. The van der Waals surface area contributed by atoms with Crippen molar-refractivity contribution in [2.24, 2.45) is 5.16 Å². The Morgan fingerprint density at radius 3 is 2.50 bits per heavy atom. The van der Waals surface area contributed by atoms with Crippen LogP contribution in [0.3, 0.4) is 0 Å². The fourth-order valence-electron chi connectivity index (χ4n) is 3.37. The van der Waals surface area contributed by atoms with Gasteiger partial charge in [-0.25, -0.2) is 4.39 Å². The van der Waals surface area contributed by atoms with Crippen molar-refractivity contribution < 1.29 is 53.4 Å². The second-order valence-electron chi connectivity index (χ2n) is 6.78. The number of halogens is 1. The summed E-state index contributed by atoms with van der Waals surface area (Å²) in [5, 5.41) is 15.9. The third-order valence-electron chi connectivity index (χ3n) is 4.73. The van der Waals surface area contributed by atoms with Crippen molar-refractivity contribution in [3.05, 3.63) is 95.9 Å². The first-order chi connectivity index (χ1) is 15.0. The summed E-state index contributed by atoms with van der Waals surface area (Å²) in [5.41, 5.74) is 1.72. The molecule has 0 aliphatic heterocycles. The van der Waals surface area contributed by atoms with Crippen molar-refractivity contribution in [2.45, 2.75) is 6.54 Å². The van der Waals surface area contributed by atoms with Crippen LogP contribution in [0.15, 0.2) is 84.1 Å². The monoisotopic (exact) mass is 440 g/mol. The number of hydrogen-bond donors (Lipinski definition) is 0. The van der Waals surface area contributed by atoms with E-state index in [0.29, 0.717) is 22.7 Å². The maximum atomic E-state index is 13.7. The van der Waals surface area contributed by atoms with Crippen molar-refractivity contribution in [1.29, 1.82) is 0 Å². The van der Waals surface area contributed by atoms with E-state index >= 15 is 0 Å². The number of benzene rings is 3. The predicted octanol–water partition coefficient (Wildman–Crippen LogP) is 0.991. The molecule has 32 heavy (non-hydrogen) atoms. The summed E-state index contributed by atoms with van der Waals surface area (Å²) in [4.78, 5) is 16.5. The minimum absolute atomic E-state index is 0. The minimum Gasteiger partial charge on any atom is -0.545 e. The summed E-state index contributed by atoms with van der Waals surface area (Å²) in [6.07, 6.45) is 1.41. The van der Waals surface area contributed by atoms with Crippen LogP contribution in [0, 0.1) is 5.82 Å². The number of aromatic carboxylic acids is 1.